The topological polar surface area (TPSA) is 84.7 Å². The molecule has 5 aromatic rings. The first-order valence-corrected chi connectivity index (χ1v) is 14.4. The first kappa shape index (κ1) is 27.1. The van der Waals surface area contributed by atoms with Crippen molar-refractivity contribution in [1.29, 1.82) is 0 Å². The Hall–Kier alpha value is -4.73. The van der Waals surface area contributed by atoms with Crippen molar-refractivity contribution in [3.8, 4) is 11.1 Å². The predicted molar refractivity (Wildman–Crippen MR) is 158 cm³/mol. The third-order valence-corrected chi connectivity index (χ3v) is 8.07. The SMILES string of the molecule is CC(NC(=O)c1cccc(C(F)(F)F)c1)c1ccc(C2CC2)c(-c2ccc3cnc(Nc4cnn(C5CC5)c4)nc3c2)c1. The maximum atomic E-state index is 13.2. The number of benzene rings is 3. The largest absolute Gasteiger partial charge is 0.416 e. The van der Waals surface area contributed by atoms with Gasteiger partial charge in [-0.2, -0.15) is 18.3 Å². The van der Waals surface area contributed by atoms with Gasteiger partial charge in [-0.3, -0.25) is 9.48 Å². The van der Waals surface area contributed by atoms with Crippen LogP contribution >= 0.6 is 0 Å². The molecule has 2 fully saturated rings. The number of nitrogens with zero attached hydrogens (tertiary/aromatic N) is 4. The molecule has 0 aliphatic heterocycles. The number of carbonyl (C=O) groups excluding carboxylic acids is 1. The van der Waals surface area contributed by atoms with Crippen molar-refractivity contribution in [3.63, 3.8) is 0 Å². The quantitative estimate of drug-likeness (QED) is 0.194. The lowest BCUT2D eigenvalue weighted by atomic mass is 9.92. The predicted octanol–water partition coefficient (Wildman–Crippen LogP) is 7.96. The Kier molecular flexibility index (Phi) is 6.64. The first-order valence-electron chi connectivity index (χ1n) is 14.4. The lowest BCUT2D eigenvalue weighted by molar-refractivity contribution is -0.137. The Balaban J connectivity index is 1.15. The normalized spacial score (nSPS) is 15.8. The fraction of sp³-hybridized carbons (Fsp3) is 0.273. The molecule has 2 saturated carbocycles. The van der Waals surface area contributed by atoms with Crippen LogP contribution in [0.25, 0.3) is 22.0 Å². The molecule has 3 aromatic carbocycles. The summed E-state index contributed by atoms with van der Waals surface area (Å²) in [5, 5.41) is 11.5. The second-order valence-electron chi connectivity index (χ2n) is 11.4. The van der Waals surface area contributed by atoms with Gasteiger partial charge in [-0.1, -0.05) is 30.3 Å². The molecule has 2 aromatic heterocycles. The molecule has 0 saturated heterocycles. The van der Waals surface area contributed by atoms with Gasteiger partial charge in [0.05, 0.1) is 35.0 Å². The Morgan fingerprint density at radius 1 is 1.00 bits per heavy atom. The van der Waals surface area contributed by atoms with Crippen LogP contribution in [-0.4, -0.2) is 25.7 Å². The number of alkyl halides is 3. The van der Waals surface area contributed by atoms with E-state index in [1.165, 1.54) is 17.7 Å². The maximum Gasteiger partial charge on any atom is 0.416 e. The van der Waals surface area contributed by atoms with Crippen LogP contribution in [-0.2, 0) is 6.18 Å². The minimum absolute atomic E-state index is 0.0324. The highest BCUT2D eigenvalue weighted by Crippen LogP contribution is 2.45. The number of anilines is 2. The van der Waals surface area contributed by atoms with Crippen molar-refractivity contribution >= 4 is 28.4 Å². The lowest BCUT2D eigenvalue weighted by Crippen LogP contribution is -2.27. The summed E-state index contributed by atoms with van der Waals surface area (Å²) in [5.41, 5.74) is 4.90. The van der Waals surface area contributed by atoms with Crippen LogP contribution in [0, 0.1) is 0 Å². The molecule has 7 rings (SSSR count). The van der Waals surface area contributed by atoms with Crippen molar-refractivity contribution < 1.29 is 18.0 Å². The van der Waals surface area contributed by atoms with E-state index in [0.29, 0.717) is 17.9 Å². The van der Waals surface area contributed by atoms with Crippen LogP contribution in [0.4, 0.5) is 24.8 Å². The summed E-state index contributed by atoms with van der Waals surface area (Å²) in [6, 6.07) is 16.8. The smallest absolute Gasteiger partial charge is 0.346 e. The number of hydrogen-bond acceptors (Lipinski definition) is 5. The molecule has 2 heterocycles. The zero-order valence-electron chi connectivity index (χ0n) is 23.4. The number of aromatic nitrogens is 4. The standard InChI is InChI=1S/C33H29F3N6O/c1-19(39-31(43)23-3-2-4-25(13-23)33(34,35)36)21-9-12-28(20-5-6-20)29(14-21)22-7-8-24-16-37-32(41-30(24)15-22)40-26-17-38-42(18-26)27-10-11-27/h2-4,7-9,12-20,27H,5-6,10-11H2,1H3,(H,39,43)(H,37,40,41). The number of carbonyl (C=O) groups is 1. The molecule has 2 aliphatic carbocycles. The molecule has 1 unspecified atom stereocenters. The lowest BCUT2D eigenvalue weighted by Gasteiger charge is -2.18. The van der Waals surface area contributed by atoms with Crippen molar-refractivity contribution in [1.82, 2.24) is 25.1 Å². The summed E-state index contributed by atoms with van der Waals surface area (Å²) in [4.78, 5) is 22.1. The fourth-order valence-electron chi connectivity index (χ4n) is 5.37. The Morgan fingerprint density at radius 3 is 2.60 bits per heavy atom. The van der Waals surface area contributed by atoms with Crippen LogP contribution in [0.3, 0.4) is 0 Å². The second-order valence-corrected chi connectivity index (χ2v) is 11.4. The highest BCUT2D eigenvalue weighted by atomic mass is 19.4. The molecule has 10 heteroatoms. The van der Waals surface area contributed by atoms with E-state index in [1.807, 2.05) is 36.0 Å². The number of rotatable bonds is 8. The second kappa shape index (κ2) is 10.5. The van der Waals surface area contributed by atoms with Gasteiger partial charge in [-0.05, 0) is 91.1 Å². The summed E-state index contributed by atoms with van der Waals surface area (Å²) < 4.78 is 41.5. The zero-order valence-corrected chi connectivity index (χ0v) is 23.4. The molecule has 0 radical (unpaired) electrons. The van der Waals surface area contributed by atoms with Gasteiger partial charge in [-0.25, -0.2) is 9.97 Å². The summed E-state index contributed by atoms with van der Waals surface area (Å²) >= 11 is 0. The van der Waals surface area contributed by atoms with E-state index < -0.39 is 23.7 Å². The van der Waals surface area contributed by atoms with Crippen LogP contribution in [0.1, 0.15) is 77.7 Å². The van der Waals surface area contributed by atoms with Crippen LogP contribution in [0.5, 0.6) is 0 Å². The van der Waals surface area contributed by atoms with Crippen LogP contribution < -0.4 is 10.6 Å². The molecule has 218 valence electrons. The van der Waals surface area contributed by atoms with E-state index in [-0.39, 0.29) is 5.56 Å². The van der Waals surface area contributed by atoms with Crippen molar-refractivity contribution in [2.75, 3.05) is 5.32 Å². The van der Waals surface area contributed by atoms with Gasteiger partial charge < -0.3 is 10.6 Å². The molecular weight excluding hydrogens is 553 g/mol. The van der Waals surface area contributed by atoms with Crippen molar-refractivity contribution in [2.45, 2.75) is 56.8 Å². The highest BCUT2D eigenvalue weighted by molar-refractivity contribution is 5.94. The van der Waals surface area contributed by atoms with Crippen LogP contribution in [0.2, 0.25) is 0 Å². The summed E-state index contributed by atoms with van der Waals surface area (Å²) in [5.74, 6) is 0.402. The average Bonchev–Trinajstić information content (AvgIpc) is 3.95. The van der Waals surface area contributed by atoms with Gasteiger partial charge in [0.1, 0.15) is 0 Å². The monoisotopic (exact) mass is 582 g/mol. The van der Waals surface area contributed by atoms with Crippen LogP contribution in [0.15, 0.2) is 79.3 Å². The fourth-order valence-corrected chi connectivity index (χ4v) is 5.37. The molecule has 1 amide bonds. The van der Waals surface area contributed by atoms with E-state index in [4.69, 9.17) is 4.98 Å². The van der Waals surface area contributed by atoms with Gasteiger partial charge >= 0.3 is 6.18 Å². The van der Waals surface area contributed by atoms with Gasteiger partial charge in [0.2, 0.25) is 5.95 Å². The zero-order chi connectivity index (χ0) is 29.7. The molecule has 43 heavy (non-hydrogen) atoms. The minimum atomic E-state index is -4.52. The Bertz CT molecular complexity index is 1840. The van der Waals surface area contributed by atoms with Gasteiger partial charge in [-0.15, -0.1) is 0 Å². The number of halogens is 3. The molecular formula is C33H29F3N6O. The van der Waals surface area contributed by atoms with Gasteiger partial charge in [0.25, 0.3) is 5.91 Å². The molecule has 2 aliphatic rings. The van der Waals surface area contributed by atoms with E-state index in [9.17, 15) is 18.0 Å². The Morgan fingerprint density at radius 2 is 1.84 bits per heavy atom. The third-order valence-electron chi connectivity index (χ3n) is 8.07. The molecule has 2 N–H and O–H groups in total. The average molecular weight is 583 g/mol. The highest BCUT2D eigenvalue weighted by Gasteiger charge is 2.31. The molecule has 1 atom stereocenters. The first-order chi connectivity index (χ1) is 20.7. The van der Waals surface area contributed by atoms with Crippen molar-refractivity contribution in [3.05, 3.63) is 102 Å². The summed E-state index contributed by atoms with van der Waals surface area (Å²) in [7, 11) is 0. The maximum absolute atomic E-state index is 13.2. The molecule has 7 nitrogen and oxygen atoms in total. The number of fused-ring (bicyclic) bond motifs is 1. The van der Waals surface area contributed by atoms with Gasteiger partial charge in [0, 0.05) is 23.3 Å². The number of amides is 1. The Labute approximate surface area is 246 Å². The van der Waals surface area contributed by atoms with E-state index in [1.54, 1.807) is 12.4 Å². The third kappa shape index (κ3) is 5.82. The summed E-state index contributed by atoms with van der Waals surface area (Å²) in [6.45, 7) is 1.83. The van der Waals surface area contributed by atoms with E-state index >= 15 is 0 Å². The van der Waals surface area contributed by atoms with Crippen molar-refractivity contribution in [2.24, 2.45) is 0 Å². The molecule has 0 bridgehead atoms. The van der Waals surface area contributed by atoms with E-state index in [0.717, 1.165) is 71.1 Å². The minimum Gasteiger partial charge on any atom is -0.346 e. The van der Waals surface area contributed by atoms with E-state index in [2.05, 4.69) is 38.9 Å². The molecule has 0 spiro atoms. The number of hydrogen-bond donors (Lipinski definition) is 2. The summed E-state index contributed by atoms with van der Waals surface area (Å²) in [6.07, 6.45) is 5.58. The van der Waals surface area contributed by atoms with Gasteiger partial charge in [0.15, 0.2) is 0 Å². The number of nitrogens with one attached hydrogen (secondary N) is 2.